The van der Waals surface area contributed by atoms with Gasteiger partial charge < -0.3 is 10.0 Å². The van der Waals surface area contributed by atoms with Gasteiger partial charge >= 0.3 is 0 Å². The van der Waals surface area contributed by atoms with E-state index >= 15 is 0 Å². The highest BCUT2D eigenvalue weighted by molar-refractivity contribution is 5.26. The smallest absolute Gasteiger partial charge is 0.225 e. The van der Waals surface area contributed by atoms with Crippen LogP contribution in [-0.2, 0) is 0 Å². The molecule has 0 aliphatic carbocycles. The van der Waals surface area contributed by atoms with Crippen LogP contribution in [0.15, 0.2) is 12.4 Å². The van der Waals surface area contributed by atoms with Crippen LogP contribution in [0, 0.1) is 5.82 Å². The molecule has 1 atom stereocenters. The number of aliphatic hydroxyl groups excluding tert-OH is 1. The summed E-state index contributed by atoms with van der Waals surface area (Å²) >= 11 is 0. The Morgan fingerprint density at radius 3 is 2.54 bits per heavy atom. The van der Waals surface area contributed by atoms with Gasteiger partial charge in [0.05, 0.1) is 18.5 Å². The van der Waals surface area contributed by atoms with Gasteiger partial charge in [-0.25, -0.2) is 14.4 Å². The summed E-state index contributed by atoms with van der Waals surface area (Å²) in [5.41, 5.74) is 0. The maximum absolute atomic E-state index is 12.4. The summed E-state index contributed by atoms with van der Waals surface area (Å²) < 4.78 is 12.4. The van der Waals surface area contributed by atoms with Crippen LogP contribution in [-0.4, -0.2) is 34.8 Å². The molecule has 1 rings (SSSR count). The minimum Gasteiger partial charge on any atom is -0.392 e. The molecule has 13 heavy (non-hydrogen) atoms. The van der Waals surface area contributed by atoms with E-state index in [0.29, 0.717) is 12.5 Å². The number of aliphatic hydroxyl groups is 1. The van der Waals surface area contributed by atoms with Gasteiger partial charge in [0.2, 0.25) is 5.95 Å². The van der Waals surface area contributed by atoms with Crippen LogP contribution in [0.2, 0.25) is 0 Å². The minimum absolute atomic E-state index is 0.405. The average molecular weight is 185 g/mol. The number of anilines is 1. The van der Waals surface area contributed by atoms with Gasteiger partial charge in [-0.3, -0.25) is 0 Å². The summed E-state index contributed by atoms with van der Waals surface area (Å²) in [5, 5.41) is 9.07. The van der Waals surface area contributed by atoms with Crippen molar-refractivity contribution in [1.82, 2.24) is 9.97 Å². The molecule has 1 aromatic heterocycles. The zero-order valence-corrected chi connectivity index (χ0v) is 7.61. The third-order valence-corrected chi connectivity index (χ3v) is 1.49. The Balaban J connectivity index is 2.66. The first-order chi connectivity index (χ1) is 6.09. The molecule has 0 aliphatic rings. The molecule has 0 unspecified atom stereocenters. The Bertz CT molecular complexity index is 263. The average Bonchev–Trinajstić information content (AvgIpc) is 2.04. The minimum atomic E-state index is -0.464. The fourth-order valence-corrected chi connectivity index (χ4v) is 0.981. The predicted octanol–water partition coefficient (Wildman–Crippen LogP) is 0.433. The SMILES string of the molecule is C[C@@H](O)CN(C)c1ncc(F)cn1. The number of nitrogens with zero attached hydrogens (tertiary/aromatic N) is 3. The Morgan fingerprint density at radius 2 is 2.08 bits per heavy atom. The molecule has 1 N–H and O–H groups in total. The monoisotopic (exact) mass is 185 g/mol. The van der Waals surface area contributed by atoms with Crippen molar-refractivity contribution in [3.05, 3.63) is 18.2 Å². The van der Waals surface area contributed by atoms with Gasteiger partial charge in [-0.1, -0.05) is 0 Å². The van der Waals surface area contributed by atoms with Crippen LogP contribution in [0.3, 0.4) is 0 Å². The number of hydrogen-bond acceptors (Lipinski definition) is 4. The maximum atomic E-state index is 12.4. The summed E-state index contributed by atoms with van der Waals surface area (Å²) in [5.74, 6) is -0.0588. The maximum Gasteiger partial charge on any atom is 0.225 e. The van der Waals surface area contributed by atoms with Crippen LogP contribution in [0.25, 0.3) is 0 Å². The second kappa shape index (κ2) is 4.13. The topological polar surface area (TPSA) is 49.2 Å². The molecule has 0 saturated heterocycles. The van der Waals surface area contributed by atoms with E-state index < -0.39 is 11.9 Å². The molecule has 0 radical (unpaired) electrons. The van der Waals surface area contributed by atoms with Crippen LogP contribution in [0.5, 0.6) is 0 Å². The quantitative estimate of drug-likeness (QED) is 0.742. The van der Waals surface area contributed by atoms with Gasteiger partial charge in [0.25, 0.3) is 0 Å². The van der Waals surface area contributed by atoms with Crippen molar-refractivity contribution in [2.45, 2.75) is 13.0 Å². The first-order valence-corrected chi connectivity index (χ1v) is 3.96. The van der Waals surface area contributed by atoms with Crippen molar-refractivity contribution in [2.24, 2.45) is 0 Å². The lowest BCUT2D eigenvalue weighted by atomic mass is 10.4. The molecule has 5 heteroatoms. The fourth-order valence-electron chi connectivity index (χ4n) is 0.981. The summed E-state index contributed by atoms with van der Waals surface area (Å²) in [6.45, 7) is 2.09. The summed E-state index contributed by atoms with van der Waals surface area (Å²) in [4.78, 5) is 9.18. The molecule has 0 aromatic carbocycles. The lowest BCUT2D eigenvalue weighted by Gasteiger charge is -2.17. The lowest BCUT2D eigenvalue weighted by molar-refractivity contribution is 0.201. The van der Waals surface area contributed by atoms with Gasteiger partial charge in [0.15, 0.2) is 5.82 Å². The van der Waals surface area contributed by atoms with Crippen molar-refractivity contribution in [3.8, 4) is 0 Å². The number of halogens is 1. The van der Waals surface area contributed by atoms with Crippen LogP contribution >= 0.6 is 0 Å². The molecule has 4 nitrogen and oxygen atoms in total. The lowest BCUT2D eigenvalue weighted by Crippen LogP contribution is -2.28. The number of aromatic nitrogens is 2. The van der Waals surface area contributed by atoms with E-state index in [1.165, 1.54) is 0 Å². The molecule has 72 valence electrons. The second-order valence-corrected chi connectivity index (χ2v) is 2.93. The van der Waals surface area contributed by atoms with Gasteiger partial charge in [-0.05, 0) is 6.92 Å². The van der Waals surface area contributed by atoms with Crippen LogP contribution in [0.4, 0.5) is 10.3 Å². The Kier molecular flexibility index (Phi) is 3.13. The third kappa shape index (κ3) is 2.95. The molecular weight excluding hydrogens is 173 g/mol. The fraction of sp³-hybridized carbons (Fsp3) is 0.500. The summed E-state index contributed by atoms with van der Waals surface area (Å²) in [7, 11) is 1.74. The standard InChI is InChI=1S/C8H12FN3O/c1-6(13)5-12(2)8-10-3-7(9)4-11-8/h3-4,6,13H,5H2,1-2H3/t6-/m1/s1. The zero-order valence-electron chi connectivity index (χ0n) is 7.61. The van der Waals surface area contributed by atoms with E-state index in [-0.39, 0.29) is 0 Å². The summed E-state index contributed by atoms with van der Waals surface area (Å²) in [6.07, 6.45) is 1.74. The van der Waals surface area contributed by atoms with E-state index in [1.54, 1.807) is 18.9 Å². The first-order valence-electron chi connectivity index (χ1n) is 3.96. The van der Waals surface area contributed by atoms with Crippen LogP contribution in [0.1, 0.15) is 6.92 Å². The normalized spacial score (nSPS) is 12.6. The highest BCUT2D eigenvalue weighted by Crippen LogP contribution is 2.04. The molecule has 1 aromatic rings. The molecular formula is C8H12FN3O. The second-order valence-electron chi connectivity index (χ2n) is 2.93. The van der Waals surface area contributed by atoms with Crippen molar-refractivity contribution < 1.29 is 9.50 Å². The number of rotatable bonds is 3. The molecule has 0 bridgehead atoms. The van der Waals surface area contributed by atoms with Crippen molar-refractivity contribution in [3.63, 3.8) is 0 Å². The van der Waals surface area contributed by atoms with Crippen molar-refractivity contribution in [1.29, 1.82) is 0 Å². The zero-order chi connectivity index (χ0) is 9.84. The highest BCUT2D eigenvalue weighted by atomic mass is 19.1. The Hall–Kier alpha value is -1.23. The molecule has 0 fully saturated rings. The van der Waals surface area contributed by atoms with E-state index in [2.05, 4.69) is 9.97 Å². The molecule has 0 spiro atoms. The van der Waals surface area contributed by atoms with Gasteiger partial charge in [0.1, 0.15) is 0 Å². The van der Waals surface area contributed by atoms with Gasteiger partial charge in [-0.15, -0.1) is 0 Å². The highest BCUT2D eigenvalue weighted by Gasteiger charge is 2.06. The largest absolute Gasteiger partial charge is 0.392 e. The molecule has 1 heterocycles. The Morgan fingerprint density at radius 1 is 1.54 bits per heavy atom. The van der Waals surface area contributed by atoms with Gasteiger partial charge in [-0.2, -0.15) is 0 Å². The van der Waals surface area contributed by atoms with E-state index in [4.69, 9.17) is 5.11 Å². The van der Waals surface area contributed by atoms with Crippen LogP contribution < -0.4 is 4.90 Å². The summed E-state index contributed by atoms with van der Waals surface area (Å²) in [6, 6.07) is 0. The molecule has 0 aliphatic heterocycles. The third-order valence-electron chi connectivity index (χ3n) is 1.49. The molecule has 0 saturated carbocycles. The van der Waals surface area contributed by atoms with E-state index in [9.17, 15) is 4.39 Å². The predicted molar refractivity (Wildman–Crippen MR) is 46.9 cm³/mol. The van der Waals surface area contributed by atoms with Crippen molar-refractivity contribution in [2.75, 3.05) is 18.5 Å². The van der Waals surface area contributed by atoms with Crippen molar-refractivity contribution >= 4 is 5.95 Å². The van der Waals surface area contributed by atoms with E-state index in [1.807, 2.05) is 0 Å². The first kappa shape index (κ1) is 9.85. The van der Waals surface area contributed by atoms with Gasteiger partial charge in [0, 0.05) is 13.6 Å². The van der Waals surface area contributed by atoms with E-state index in [0.717, 1.165) is 12.4 Å². The Labute approximate surface area is 76.1 Å². The molecule has 0 amide bonds. The number of hydrogen-bond donors (Lipinski definition) is 1. The number of likely N-dealkylation sites (N-methyl/N-ethyl adjacent to an activating group) is 1.